The number of nitrogens with two attached hydrogens (primary N) is 1. The van der Waals surface area contributed by atoms with Crippen LogP contribution in [0.5, 0.6) is 5.75 Å². The number of fused-ring (bicyclic) bond motifs is 3. The van der Waals surface area contributed by atoms with Crippen molar-refractivity contribution in [3.8, 4) is 16.9 Å². The van der Waals surface area contributed by atoms with Crippen molar-refractivity contribution in [2.45, 2.75) is 6.42 Å². The first-order chi connectivity index (χ1) is 17.1. The number of nitrogens with one attached hydrogen (secondary N) is 1. The highest BCUT2D eigenvalue weighted by atomic mass is 16.5. The van der Waals surface area contributed by atoms with Crippen LogP contribution in [-0.2, 0) is 4.74 Å². The Kier molecular flexibility index (Phi) is 6.61. The van der Waals surface area contributed by atoms with Gasteiger partial charge in [-0.2, -0.15) is 0 Å². The van der Waals surface area contributed by atoms with Crippen LogP contribution in [0.25, 0.3) is 32.9 Å². The summed E-state index contributed by atoms with van der Waals surface area (Å²) < 4.78 is 10.6. The summed E-state index contributed by atoms with van der Waals surface area (Å²) in [6.07, 6.45) is 1.07. The average Bonchev–Trinajstić information content (AvgIpc) is 3.26. The van der Waals surface area contributed by atoms with Crippen LogP contribution in [0.1, 0.15) is 16.8 Å². The van der Waals surface area contributed by atoms with Gasteiger partial charge in [0.2, 0.25) is 0 Å². The fourth-order valence-electron chi connectivity index (χ4n) is 5.02. The number of ether oxygens (including phenoxy) is 2. The fourth-order valence-corrected chi connectivity index (χ4v) is 5.02. The van der Waals surface area contributed by atoms with Crippen LogP contribution in [0.15, 0.2) is 54.6 Å². The molecular formula is C28H32N4O3. The standard InChI is InChI=1S/C28H32N4O3/c1-34-14-4-9-31-10-12-32(13-11-31)21-7-8-23-24-16-20(19-5-3-6-22(15-19)35-2)17-25(28(29)33)27(24)30-26(23)18-21/h3,5-8,15-18,30H,4,9-14H2,1-2H3,(H2,29,33). The Balaban J connectivity index is 1.47. The SMILES string of the molecule is COCCCN1CCN(c2ccc3c(c2)[nH]c2c(C(N)=O)cc(-c4cccc(OC)c4)cc23)CC1. The molecule has 3 N–H and O–H groups in total. The molecule has 0 unspecified atom stereocenters. The summed E-state index contributed by atoms with van der Waals surface area (Å²) in [5.74, 6) is 0.321. The number of piperazine rings is 1. The molecule has 0 saturated carbocycles. The number of primary amides is 1. The first-order valence-corrected chi connectivity index (χ1v) is 12.1. The van der Waals surface area contributed by atoms with Gasteiger partial charge in [0.1, 0.15) is 5.75 Å². The monoisotopic (exact) mass is 472 g/mol. The van der Waals surface area contributed by atoms with E-state index in [-0.39, 0.29) is 0 Å². The maximum absolute atomic E-state index is 12.4. The van der Waals surface area contributed by atoms with Gasteiger partial charge in [-0.05, 0) is 53.9 Å². The summed E-state index contributed by atoms with van der Waals surface area (Å²) in [6.45, 7) is 5.96. The molecule has 0 bridgehead atoms. The fraction of sp³-hybridized carbons (Fsp3) is 0.321. The van der Waals surface area contributed by atoms with E-state index in [4.69, 9.17) is 15.2 Å². The number of carbonyl (C=O) groups is 1. The van der Waals surface area contributed by atoms with E-state index >= 15 is 0 Å². The molecule has 0 aliphatic carbocycles. The van der Waals surface area contributed by atoms with Crippen LogP contribution in [0.2, 0.25) is 0 Å². The maximum Gasteiger partial charge on any atom is 0.250 e. The van der Waals surface area contributed by atoms with E-state index in [1.165, 1.54) is 5.69 Å². The van der Waals surface area contributed by atoms with Gasteiger partial charge >= 0.3 is 0 Å². The van der Waals surface area contributed by atoms with Crippen LogP contribution < -0.4 is 15.4 Å². The van der Waals surface area contributed by atoms with E-state index in [0.717, 1.165) is 84.4 Å². The number of hydrogen-bond acceptors (Lipinski definition) is 5. The van der Waals surface area contributed by atoms with E-state index < -0.39 is 5.91 Å². The van der Waals surface area contributed by atoms with Gasteiger partial charge in [-0.1, -0.05) is 18.2 Å². The molecule has 182 valence electrons. The molecule has 1 fully saturated rings. The number of aromatic amines is 1. The number of rotatable bonds is 8. The van der Waals surface area contributed by atoms with Crippen LogP contribution in [-0.4, -0.2) is 69.3 Å². The quantitative estimate of drug-likeness (QED) is 0.375. The van der Waals surface area contributed by atoms with Gasteiger partial charge in [-0.15, -0.1) is 0 Å². The minimum Gasteiger partial charge on any atom is -0.497 e. The zero-order valence-electron chi connectivity index (χ0n) is 20.3. The first kappa shape index (κ1) is 23.2. The Morgan fingerprint density at radius 2 is 1.80 bits per heavy atom. The molecule has 1 aliphatic heterocycles. The Bertz CT molecular complexity index is 1360. The Morgan fingerprint density at radius 3 is 2.54 bits per heavy atom. The number of aromatic nitrogens is 1. The third-order valence-corrected chi connectivity index (χ3v) is 6.92. The minimum absolute atomic E-state index is 0.448. The lowest BCUT2D eigenvalue weighted by molar-refractivity contribution is 0.100. The Morgan fingerprint density at radius 1 is 0.971 bits per heavy atom. The molecule has 3 aromatic carbocycles. The van der Waals surface area contributed by atoms with Crippen molar-refractivity contribution in [2.24, 2.45) is 5.73 Å². The lowest BCUT2D eigenvalue weighted by Crippen LogP contribution is -2.46. The van der Waals surface area contributed by atoms with Crippen LogP contribution in [0, 0.1) is 0 Å². The molecule has 5 rings (SSSR count). The van der Waals surface area contributed by atoms with Crippen molar-refractivity contribution in [1.82, 2.24) is 9.88 Å². The molecule has 4 aromatic rings. The number of benzene rings is 3. The van der Waals surface area contributed by atoms with Crippen molar-refractivity contribution < 1.29 is 14.3 Å². The molecule has 7 nitrogen and oxygen atoms in total. The summed E-state index contributed by atoms with van der Waals surface area (Å²) in [7, 11) is 3.40. The first-order valence-electron chi connectivity index (χ1n) is 12.1. The molecule has 0 radical (unpaired) electrons. The third-order valence-electron chi connectivity index (χ3n) is 6.92. The van der Waals surface area contributed by atoms with Crippen LogP contribution in [0.3, 0.4) is 0 Å². The Hall–Kier alpha value is -3.55. The number of anilines is 1. The van der Waals surface area contributed by atoms with Gasteiger partial charge in [-0.25, -0.2) is 0 Å². The molecule has 35 heavy (non-hydrogen) atoms. The normalized spacial score (nSPS) is 14.6. The van der Waals surface area contributed by atoms with Crippen LogP contribution in [0.4, 0.5) is 5.69 Å². The van der Waals surface area contributed by atoms with Crippen molar-refractivity contribution in [3.05, 3.63) is 60.2 Å². The largest absolute Gasteiger partial charge is 0.497 e. The molecule has 1 aliphatic rings. The number of H-pyrrole nitrogens is 1. The second-order valence-electron chi connectivity index (χ2n) is 9.07. The molecule has 1 amide bonds. The molecule has 1 aromatic heterocycles. The molecule has 0 atom stereocenters. The maximum atomic E-state index is 12.4. The third kappa shape index (κ3) is 4.70. The zero-order chi connectivity index (χ0) is 24.4. The molecule has 0 spiro atoms. The predicted octanol–water partition coefficient (Wildman–Crippen LogP) is 4.25. The number of carbonyl (C=O) groups excluding carboxylic acids is 1. The van der Waals surface area contributed by atoms with Crippen molar-refractivity contribution in [2.75, 3.05) is 58.5 Å². The lowest BCUT2D eigenvalue weighted by Gasteiger charge is -2.36. The molecule has 1 saturated heterocycles. The lowest BCUT2D eigenvalue weighted by atomic mass is 9.98. The van der Waals surface area contributed by atoms with E-state index in [1.807, 2.05) is 30.3 Å². The van der Waals surface area contributed by atoms with Crippen molar-refractivity contribution in [3.63, 3.8) is 0 Å². The zero-order valence-corrected chi connectivity index (χ0v) is 20.3. The number of nitrogens with zero attached hydrogens (tertiary/aromatic N) is 2. The Labute approximate surface area is 205 Å². The number of amides is 1. The predicted molar refractivity (Wildman–Crippen MR) is 141 cm³/mol. The second-order valence-corrected chi connectivity index (χ2v) is 9.07. The van der Waals surface area contributed by atoms with Gasteiger partial charge in [0, 0.05) is 68.4 Å². The molecule has 2 heterocycles. The minimum atomic E-state index is -0.448. The van der Waals surface area contributed by atoms with E-state index in [2.05, 4.69) is 39.0 Å². The number of hydrogen-bond donors (Lipinski definition) is 2. The topological polar surface area (TPSA) is 83.8 Å². The summed E-state index contributed by atoms with van der Waals surface area (Å²) in [5.41, 5.74) is 11.2. The van der Waals surface area contributed by atoms with Gasteiger partial charge in [0.15, 0.2) is 0 Å². The van der Waals surface area contributed by atoms with E-state index in [1.54, 1.807) is 14.2 Å². The van der Waals surface area contributed by atoms with Gasteiger partial charge in [0.05, 0.1) is 18.2 Å². The van der Waals surface area contributed by atoms with E-state index in [0.29, 0.717) is 5.56 Å². The number of methoxy groups -OCH3 is 2. The van der Waals surface area contributed by atoms with Gasteiger partial charge in [-0.3, -0.25) is 9.69 Å². The average molecular weight is 473 g/mol. The molecule has 7 heteroatoms. The second kappa shape index (κ2) is 9.98. The van der Waals surface area contributed by atoms with Gasteiger partial charge in [0.25, 0.3) is 5.91 Å². The highest BCUT2D eigenvalue weighted by Crippen LogP contribution is 2.35. The summed E-state index contributed by atoms with van der Waals surface area (Å²) in [4.78, 5) is 20.8. The highest BCUT2D eigenvalue weighted by Gasteiger charge is 2.19. The van der Waals surface area contributed by atoms with Crippen molar-refractivity contribution >= 4 is 33.4 Å². The molecular weight excluding hydrogens is 440 g/mol. The van der Waals surface area contributed by atoms with Crippen LogP contribution >= 0.6 is 0 Å². The highest BCUT2D eigenvalue weighted by molar-refractivity contribution is 6.16. The van der Waals surface area contributed by atoms with Crippen molar-refractivity contribution in [1.29, 1.82) is 0 Å². The van der Waals surface area contributed by atoms with E-state index in [9.17, 15) is 4.79 Å². The smallest absolute Gasteiger partial charge is 0.250 e. The summed E-state index contributed by atoms with van der Waals surface area (Å²) in [5, 5.41) is 2.07. The summed E-state index contributed by atoms with van der Waals surface area (Å²) in [6, 6.07) is 18.3. The summed E-state index contributed by atoms with van der Waals surface area (Å²) >= 11 is 0. The van der Waals surface area contributed by atoms with Gasteiger partial charge < -0.3 is 25.1 Å².